The van der Waals surface area contributed by atoms with E-state index in [1.54, 1.807) is 17.0 Å². The highest BCUT2D eigenvalue weighted by atomic mass is 32.1. The summed E-state index contributed by atoms with van der Waals surface area (Å²) in [5, 5.41) is 11.3. The van der Waals surface area contributed by atoms with E-state index in [1.165, 1.54) is 11.0 Å². The lowest BCUT2D eigenvalue weighted by molar-refractivity contribution is -0.133. The zero-order chi connectivity index (χ0) is 21.6. The number of rotatable bonds is 6. The minimum atomic E-state index is -2.79. The van der Waals surface area contributed by atoms with Crippen molar-refractivity contribution in [2.24, 2.45) is 11.8 Å². The number of cyclic esters (lactones) is 1. The van der Waals surface area contributed by atoms with Crippen LogP contribution in [0.5, 0.6) is 0 Å². The van der Waals surface area contributed by atoms with Crippen LogP contribution < -0.4 is 10.2 Å². The van der Waals surface area contributed by atoms with Crippen molar-refractivity contribution in [3.05, 3.63) is 29.6 Å². The molecule has 2 heterocycles. The summed E-state index contributed by atoms with van der Waals surface area (Å²) < 4.78 is 44.8. The highest BCUT2D eigenvalue weighted by molar-refractivity contribution is 7.80. The smallest absolute Gasteiger partial charge is 0.414 e. The lowest BCUT2D eigenvalue weighted by atomic mass is 10.0. The quantitative estimate of drug-likeness (QED) is 0.649. The maximum absolute atomic E-state index is 14.8. The number of nitrogens with one attached hydrogen (secondary N) is 1. The van der Waals surface area contributed by atoms with Crippen molar-refractivity contribution in [3.63, 3.8) is 0 Å². The number of carbonyl (C=O) groups is 2. The molecule has 1 saturated carbocycles. The van der Waals surface area contributed by atoms with Gasteiger partial charge in [-0.15, -0.1) is 0 Å². The van der Waals surface area contributed by atoms with Crippen LogP contribution in [0.15, 0.2) is 18.2 Å². The molecule has 2 N–H and O–H groups in total. The first-order chi connectivity index (χ1) is 14.3. The fourth-order valence-corrected chi connectivity index (χ4v) is 4.46. The van der Waals surface area contributed by atoms with Crippen molar-refractivity contribution in [2.45, 2.75) is 18.4 Å². The highest BCUT2D eigenvalue weighted by Gasteiger charge is 2.57. The number of halogens is 3. The SMILES string of the molecule is O=C(CO)N1C[C@@H]2C(c3ccc(N4C[C@H](CNC(=S)C(F)F)OC4=O)cc3F)[C@@H]2C1. The van der Waals surface area contributed by atoms with E-state index in [-0.39, 0.29) is 36.8 Å². The highest BCUT2D eigenvalue weighted by Crippen LogP contribution is 2.58. The largest absolute Gasteiger partial charge is 0.442 e. The molecule has 3 fully saturated rings. The van der Waals surface area contributed by atoms with Gasteiger partial charge < -0.3 is 20.1 Å². The molecule has 0 bridgehead atoms. The van der Waals surface area contributed by atoms with Gasteiger partial charge in [-0.3, -0.25) is 9.69 Å². The molecule has 2 aliphatic heterocycles. The normalized spacial score (nSPS) is 27.3. The van der Waals surface area contributed by atoms with Gasteiger partial charge in [-0.1, -0.05) is 18.3 Å². The molecule has 7 nitrogen and oxygen atoms in total. The number of fused-ring (bicyclic) bond motifs is 1. The topological polar surface area (TPSA) is 82.1 Å². The van der Waals surface area contributed by atoms with Crippen molar-refractivity contribution >= 4 is 34.9 Å². The molecule has 1 aromatic rings. The Hall–Kier alpha value is -2.40. The molecular formula is C19H20F3N3O4S. The van der Waals surface area contributed by atoms with Crippen molar-refractivity contribution in [3.8, 4) is 0 Å². The van der Waals surface area contributed by atoms with Crippen LogP contribution in [-0.4, -0.2) is 72.3 Å². The molecule has 0 aromatic heterocycles. The Kier molecular flexibility index (Phi) is 5.58. The predicted octanol–water partition coefficient (Wildman–Crippen LogP) is 1.50. The number of carbonyl (C=O) groups excluding carboxylic acids is 2. The first-order valence-electron chi connectivity index (χ1n) is 9.52. The van der Waals surface area contributed by atoms with E-state index in [1.807, 2.05) is 0 Å². The third-order valence-electron chi connectivity index (χ3n) is 5.91. The third-order valence-corrected chi connectivity index (χ3v) is 6.24. The molecule has 0 radical (unpaired) electrons. The Morgan fingerprint density at radius 2 is 2.00 bits per heavy atom. The molecule has 30 heavy (non-hydrogen) atoms. The van der Waals surface area contributed by atoms with E-state index in [0.717, 1.165) is 0 Å². The maximum Gasteiger partial charge on any atom is 0.414 e. The van der Waals surface area contributed by atoms with Gasteiger partial charge in [-0.05, 0) is 35.4 Å². The van der Waals surface area contributed by atoms with E-state index in [2.05, 4.69) is 17.5 Å². The Labute approximate surface area is 175 Å². The summed E-state index contributed by atoms with van der Waals surface area (Å²) in [6, 6.07) is 4.53. The molecule has 2 saturated heterocycles. The summed E-state index contributed by atoms with van der Waals surface area (Å²) in [7, 11) is 0. The number of amides is 2. The van der Waals surface area contributed by atoms with Crippen LogP contribution in [0.1, 0.15) is 11.5 Å². The van der Waals surface area contributed by atoms with Gasteiger partial charge in [0.25, 0.3) is 6.43 Å². The molecule has 1 unspecified atom stereocenters. The lowest BCUT2D eigenvalue weighted by Crippen LogP contribution is -2.36. The molecule has 4 atom stereocenters. The first kappa shape index (κ1) is 20.9. The fraction of sp³-hybridized carbons (Fsp3) is 0.526. The zero-order valence-electron chi connectivity index (χ0n) is 15.8. The van der Waals surface area contributed by atoms with Crippen molar-refractivity contribution in [1.82, 2.24) is 10.2 Å². The van der Waals surface area contributed by atoms with Gasteiger partial charge in [0.15, 0.2) is 0 Å². The summed E-state index contributed by atoms with van der Waals surface area (Å²) in [4.78, 5) is 25.9. The number of alkyl halides is 2. The summed E-state index contributed by atoms with van der Waals surface area (Å²) in [5.41, 5.74) is 0.862. The summed E-state index contributed by atoms with van der Waals surface area (Å²) >= 11 is 4.49. The number of aliphatic hydroxyl groups is 1. The van der Waals surface area contributed by atoms with Crippen LogP contribution in [0.4, 0.5) is 23.7 Å². The van der Waals surface area contributed by atoms with E-state index in [9.17, 15) is 22.8 Å². The van der Waals surface area contributed by atoms with Crippen molar-refractivity contribution in [2.75, 3.05) is 37.7 Å². The summed E-state index contributed by atoms with van der Waals surface area (Å²) in [5.74, 6) is -0.402. The van der Waals surface area contributed by atoms with Crippen molar-refractivity contribution in [1.29, 1.82) is 0 Å². The molecular weight excluding hydrogens is 423 g/mol. The summed E-state index contributed by atoms with van der Waals surface area (Å²) in [6.45, 7) is 0.514. The Bertz CT molecular complexity index is 875. The van der Waals surface area contributed by atoms with E-state index < -0.39 is 36.0 Å². The van der Waals surface area contributed by atoms with Gasteiger partial charge in [0.05, 0.1) is 18.8 Å². The number of nitrogens with zero attached hydrogens (tertiary/aromatic N) is 2. The van der Waals surface area contributed by atoms with Crippen LogP contribution in [0, 0.1) is 17.7 Å². The Morgan fingerprint density at radius 3 is 2.60 bits per heavy atom. The standard InChI is InChI=1S/C19H20F3N3O4S/c20-14-3-9(25-5-10(29-19(25)28)4-23-18(30)17(21)22)1-2-11(14)16-12-6-24(7-13(12)16)15(27)8-26/h1-3,10,12-13,16-17,26H,4-8H2,(H,23,30)/t10-,12-,13+,16?/m0/s1. The number of aliphatic hydroxyl groups excluding tert-OH is 1. The van der Waals surface area contributed by atoms with Crippen LogP contribution in [0.2, 0.25) is 0 Å². The molecule has 1 aliphatic carbocycles. The zero-order valence-corrected chi connectivity index (χ0v) is 16.6. The van der Waals surface area contributed by atoms with Gasteiger partial charge in [0, 0.05) is 13.1 Å². The van der Waals surface area contributed by atoms with E-state index in [0.29, 0.717) is 24.3 Å². The second kappa shape index (κ2) is 8.03. The second-order valence-electron chi connectivity index (χ2n) is 7.68. The number of hydrogen-bond acceptors (Lipinski definition) is 5. The maximum atomic E-state index is 14.8. The Balaban J connectivity index is 1.37. The van der Waals surface area contributed by atoms with Gasteiger partial charge in [-0.25, -0.2) is 18.0 Å². The molecule has 1 aromatic carbocycles. The number of benzene rings is 1. The number of piperidine rings is 1. The molecule has 4 rings (SSSR count). The molecule has 0 spiro atoms. The predicted molar refractivity (Wildman–Crippen MR) is 104 cm³/mol. The summed E-state index contributed by atoms with van der Waals surface area (Å²) in [6.07, 6.45) is -4.15. The average Bonchev–Trinajstić information content (AvgIpc) is 3.04. The number of likely N-dealkylation sites (tertiary alicyclic amines) is 1. The molecule has 2 amide bonds. The first-order valence-corrected chi connectivity index (χ1v) is 9.93. The number of ether oxygens (including phenoxy) is 1. The van der Waals surface area contributed by atoms with E-state index >= 15 is 0 Å². The molecule has 11 heteroatoms. The monoisotopic (exact) mass is 443 g/mol. The fourth-order valence-electron chi connectivity index (χ4n) is 4.38. The van der Waals surface area contributed by atoms with Crippen LogP contribution >= 0.6 is 12.2 Å². The number of anilines is 1. The van der Waals surface area contributed by atoms with E-state index in [4.69, 9.17) is 9.84 Å². The van der Waals surface area contributed by atoms with Crippen LogP contribution in [0.3, 0.4) is 0 Å². The van der Waals surface area contributed by atoms with Crippen LogP contribution in [0.25, 0.3) is 0 Å². The lowest BCUT2D eigenvalue weighted by Gasteiger charge is -2.19. The van der Waals surface area contributed by atoms with Gasteiger partial charge in [0.1, 0.15) is 23.5 Å². The second-order valence-corrected chi connectivity index (χ2v) is 8.12. The number of hydrogen-bond donors (Lipinski definition) is 2. The third kappa shape index (κ3) is 3.83. The minimum absolute atomic E-state index is 0.0135. The van der Waals surface area contributed by atoms with Gasteiger partial charge >= 0.3 is 6.09 Å². The molecule has 162 valence electrons. The Morgan fingerprint density at radius 1 is 1.30 bits per heavy atom. The molecule has 3 aliphatic rings. The van der Waals surface area contributed by atoms with Gasteiger partial charge in [0.2, 0.25) is 5.91 Å². The average molecular weight is 443 g/mol. The number of thiocarbonyl (C=S) groups is 1. The van der Waals surface area contributed by atoms with Crippen LogP contribution in [-0.2, 0) is 9.53 Å². The van der Waals surface area contributed by atoms with Crippen molar-refractivity contribution < 1.29 is 32.6 Å². The minimum Gasteiger partial charge on any atom is -0.442 e. The van der Waals surface area contributed by atoms with Gasteiger partial charge in [-0.2, -0.15) is 0 Å².